The zero-order valence-corrected chi connectivity index (χ0v) is 8.95. The average Bonchev–Trinajstić information content (AvgIpc) is 2.23. The van der Waals surface area contributed by atoms with Gasteiger partial charge in [0.1, 0.15) is 17.4 Å². The van der Waals surface area contributed by atoms with E-state index in [4.69, 9.17) is 11.6 Å². The summed E-state index contributed by atoms with van der Waals surface area (Å²) in [6.45, 7) is 0. The van der Waals surface area contributed by atoms with Crippen LogP contribution in [0.15, 0.2) is 12.1 Å². The van der Waals surface area contributed by atoms with Crippen LogP contribution in [0.5, 0.6) is 0 Å². The van der Waals surface area contributed by atoms with Gasteiger partial charge >= 0.3 is 6.03 Å². The van der Waals surface area contributed by atoms with Gasteiger partial charge in [0.05, 0.1) is 0 Å². The predicted octanol–water partition coefficient (Wildman–Crippen LogP) is 1.99. The second-order valence-electron chi connectivity index (χ2n) is 2.88. The lowest BCUT2D eigenvalue weighted by Crippen LogP contribution is -2.35. The molecule has 0 aliphatic rings. The molecule has 0 saturated carbocycles. The number of rotatable bonds is 2. The maximum absolute atomic E-state index is 13.1. The molecule has 92 valence electrons. The van der Waals surface area contributed by atoms with Crippen LogP contribution in [0, 0.1) is 17.5 Å². The number of hydrogen-bond donors (Lipinski definition) is 2. The van der Waals surface area contributed by atoms with Crippen LogP contribution in [-0.2, 0) is 4.79 Å². The van der Waals surface area contributed by atoms with E-state index in [1.54, 1.807) is 10.6 Å². The van der Waals surface area contributed by atoms with E-state index < -0.39 is 41.0 Å². The Kier molecular flexibility index (Phi) is 4.33. The van der Waals surface area contributed by atoms with Crippen LogP contribution in [0.25, 0.3) is 0 Å². The van der Waals surface area contributed by atoms with Crippen molar-refractivity contribution in [2.75, 3.05) is 11.2 Å². The molecule has 0 atom stereocenters. The maximum Gasteiger partial charge on any atom is 0.326 e. The van der Waals surface area contributed by atoms with Gasteiger partial charge in [-0.3, -0.25) is 10.1 Å². The van der Waals surface area contributed by atoms with E-state index in [9.17, 15) is 22.8 Å². The second-order valence-corrected chi connectivity index (χ2v) is 3.15. The Morgan fingerprint density at radius 3 is 2.18 bits per heavy atom. The summed E-state index contributed by atoms with van der Waals surface area (Å²) in [7, 11) is 0. The topological polar surface area (TPSA) is 58.2 Å². The Morgan fingerprint density at radius 1 is 1.18 bits per heavy atom. The van der Waals surface area contributed by atoms with E-state index in [-0.39, 0.29) is 0 Å². The maximum atomic E-state index is 13.1. The van der Waals surface area contributed by atoms with Crippen molar-refractivity contribution >= 4 is 29.2 Å². The number of nitrogens with one attached hydrogen (secondary N) is 2. The molecule has 1 aromatic carbocycles. The monoisotopic (exact) mass is 266 g/mol. The third-order valence-electron chi connectivity index (χ3n) is 1.62. The third-order valence-corrected chi connectivity index (χ3v) is 1.86. The summed E-state index contributed by atoms with van der Waals surface area (Å²) in [5.74, 6) is -5.04. The number of carbonyl (C=O) groups excluding carboxylic acids is 2. The third kappa shape index (κ3) is 3.63. The molecule has 0 radical (unpaired) electrons. The van der Waals surface area contributed by atoms with Crippen molar-refractivity contribution in [3.63, 3.8) is 0 Å². The SMILES string of the molecule is O=C(CCl)NC(=O)Nc1c(F)cc(F)cc1F. The van der Waals surface area contributed by atoms with Crippen LogP contribution < -0.4 is 10.6 Å². The predicted molar refractivity (Wildman–Crippen MR) is 54.2 cm³/mol. The number of benzene rings is 1. The van der Waals surface area contributed by atoms with E-state index in [1.165, 1.54) is 0 Å². The highest BCUT2D eigenvalue weighted by Crippen LogP contribution is 2.19. The highest BCUT2D eigenvalue weighted by atomic mass is 35.5. The molecule has 0 fully saturated rings. The van der Waals surface area contributed by atoms with E-state index in [1.807, 2.05) is 0 Å². The van der Waals surface area contributed by atoms with Gasteiger partial charge in [-0.2, -0.15) is 0 Å². The summed E-state index contributed by atoms with van der Waals surface area (Å²) in [5.41, 5.74) is -0.855. The number of alkyl halides is 1. The highest BCUT2D eigenvalue weighted by Gasteiger charge is 2.15. The van der Waals surface area contributed by atoms with Gasteiger partial charge in [-0.05, 0) is 0 Å². The van der Waals surface area contributed by atoms with Crippen LogP contribution in [0.4, 0.5) is 23.7 Å². The van der Waals surface area contributed by atoms with Crippen molar-refractivity contribution in [3.05, 3.63) is 29.6 Å². The summed E-state index contributed by atoms with van der Waals surface area (Å²) in [6, 6.07) is -0.385. The van der Waals surface area contributed by atoms with Gasteiger partial charge in [-0.15, -0.1) is 11.6 Å². The number of imide groups is 1. The minimum atomic E-state index is -1.30. The van der Waals surface area contributed by atoms with Crippen molar-refractivity contribution < 1.29 is 22.8 Å². The van der Waals surface area contributed by atoms with E-state index >= 15 is 0 Å². The molecular weight excluding hydrogens is 261 g/mol. The van der Waals surface area contributed by atoms with Crippen LogP contribution >= 0.6 is 11.6 Å². The van der Waals surface area contributed by atoms with Gasteiger partial charge in [0, 0.05) is 12.1 Å². The van der Waals surface area contributed by atoms with Crippen LogP contribution in [0.1, 0.15) is 0 Å². The van der Waals surface area contributed by atoms with E-state index in [0.29, 0.717) is 12.1 Å². The Morgan fingerprint density at radius 2 is 1.71 bits per heavy atom. The first-order valence-corrected chi connectivity index (χ1v) is 4.79. The Labute approximate surface area is 98.7 Å². The Balaban J connectivity index is 2.82. The molecule has 4 nitrogen and oxygen atoms in total. The summed E-state index contributed by atoms with van der Waals surface area (Å²) in [4.78, 5) is 21.7. The number of carbonyl (C=O) groups is 2. The molecule has 8 heteroatoms. The smallest absolute Gasteiger partial charge is 0.302 e. The fourth-order valence-corrected chi connectivity index (χ4v) is 1.03. The summed E-state index contributed by atoms with van der Waals surface area (Å²) >= 11 is 5.09. The van der Waals surface area contributed by atoms with Crippen LogP contribution in [0.3, 0.4) is 0 Å². The lowest BCUT2D eigenvalue weighted by atomic mass is 10.3. The van der Waals surface area contributed by atoms with Crippen molar-refractivity contribution in [2.45, 2.75) is 0 Å². The van der Waals surface area contributed by atoms with E-state index in [2.05, 4.69) is 0 Å². The zero-order valence-electron chi connectivity index (χ0n) is 8.19. The molecular formula is C9H6ClF3N2O2. The molecule has 0 aromatic heterocycles. The van der Waals surface area contributed by atoms with E-state index in [0.717, 1.165) is 0 Å². The van der Waals surface area contributed by atoms with Crippen molar-refractivity contribution in [1.29, 1.82) is 0 Å². The van der Waals surface area contributed by atoms with Gasteiger partial charge in [0.25, 0.3) is 0 Å². The van der Waals surface area contributed by atoms with Crippen LogP contribution in [-0.4, -0.2) is 17.8 Å². The van der Waals surface area contributed by atoms with Gasteiger partial charge < -0.3 is 5.32 Å². The minimum Gasteiger partial charge on any atom is -0.302 e. The number of halogens is 4. The van der Waals surface area contributed by atoms with Crippen molar-refractivity contribution in [3.8, 4) is 0 Å². The molecule has 0 heterocycles. The number of anilines is 1. The molecule has 0 bridgehead atoms. The lowest BCUT2D eigenvalue weighted by Gasteiger charge is -2.07. The first kappa shape index (κ1) is 13.3. The number of amides is 3. The average molecular weight is 267 g/mol. The second kappa shape index (κ2) is 5.53. The molecule has 17 heavy (non-hydrogen) atoms. The standard InChI is InChI=1S/C9H6ClF3N2O2/c10-3-7(16)14-9(17)15-8-5(12)1-4(11)2-6(8)13/h1-2H,3H2,(H2,14,15,16,17). The summed E-state index contributed by atoms with van der Waals surface area (Å²) in [5, 5.41) is 3.42. The zero-order chi connectivity index (χ0) is 13.0. The number of urea groups is 1. The van der Waals surface area contributed by atoms with Crippen LogP contribution in [0.2, 0.25) is 0 Å². The largest absolute Gasteiger partial charge is 0.326 e. The molecule has 0 saturated heterocycles. The minimum absolute atomic E-state index is 0.391. The van der Waals surface area contributed by atoms with Gasteiger partial charge in [0.15, 0.2) is 11.6 Å². The first-order chi connectivity index (χ1) is 7.93. The normalized spacial score (nSPS) is 9.88. The summed E-state index contributed by atoms with van der Waals surface area (Å²) < 4.78 is 38.6. The summed E-state index contributed by atoms with van der Waals surface area (Å²) in [6.07, 6.45) is 0. The molecule has 0 unspecified atom stereocenters. The molecule has 3 amide bonds. The van der Waals surface area contributed by atoms with Gasteiger partial charge in [-0.1, -0.05) is 0 Å². The lowest BCUT2D eigenvalue weighted by molar-refractivity contribution is -0.117. The Bertz CT molecular complexity index is 445. The molecule has 1 aromatic rings. The molecule has 0 aliphatic carbocycles. The highest BCUT2D eigenvalue weighted by molar-refractivity contribution is 6.28. The number of hydrogen-bond acceptors (Lipinski definition) is 2. The molecule has 2 N–H and O–H groups in total. The molecule has 0 aliphatic heterocycles. The van der Waals surface area contributed by atoms with Crippen molar-refractivity contribution in [2.24, 2.45) is 0 Å². The Hall–Kier alpha value is -1.76. The van der Waals surface area contributed by atoms with Gasteiger partial charge in [0.2, 0.25) is 5.91 Å². The van der Waals surface area contributed by atoms with Crippen molar-refractivity contribution in [1.82, 2.24) is 5.32 Å². The fourth-order valence-electron chi connectivity index (χ4n) is 0.966. The molecule has 0 spiro atoms. The fraction of sp³-hybridized carbons (Fsp3) is 0.111. The first-order valence-electron chi connectivity index (χ1n) is 4.25. The molecule has 1 rings (SSSR count). The quantitative estimate of drug-likeness (QED) is 0.804. The van der Waals surface area contributed by atoms with Gasteiger partial charge in [-0.25, -0.2) is 18.0 Å².